The summed E-state index contributed by atoms with van der Waals surface area (Å²) in [6, 6.07) is 4.76. The first kappa shape index (κ1) is 21.3. The van der Waals surface area contributed by atoms with Gasteiger partial charge in [0, 0.05) is 5.92 Å². The molecule has 1 saturated carbocycles. The Morgan fingerprint density at radius 3 is 2.36 bits per heavy atom. The molecule has 0 bridgehead atoms. The summed E-state index contributed by atoms with van der Waals surface area (Å²) in [6.45, 7) is 11.6. The minimum Gasteiger partial charge on any atom is -0.396 e. The molecule has 0 aromatic heterocycles. The van der Waals surface area contributed by atoms with Crippen LogP contribution in [0.1, 0.15) is 74.6 Å². The molecule has 156 valence electrons. The first-order valence-corrected chi connectivity index (χ1v) is 11.0. The van der Waals surface area contributed by atoms with Gasteiger partial charge < -0.3 is 14.3 Å². The van der Waals surface area contributed by atoms with Crippen LogP contribution >= 0.6 is 0 Å². The van der Waals surface area contributed by atoms with Gasteiger partial charge in [-0.3, -0.25) is 0 Å². The Labute approximate surface area is 170 Å². The third kappa shape index (κ3) is 4.77. The summed E-state index contributed by atoms with van der Waals surface area (Å²) in [5.41, 5.74) is 7.96. The highest BCUT2D eigenvalue weighted by molar-refractivity contribution is 5.86. The van der Waals surface area contributed by atoms with E-state index in [2.05, 4.69) is 38.1 Å². The zero-order chi connectivity index (χ0) is 20.0. The van der Waals surface area contributed by atoms with Gasteiger partial charge in [0.15, 0.2) is 0 Å². The second kappa shape index (κ2) is 9.89. The zero-order valence-electron chi connectivity index (χ0n) is 18.2. The van der Waals surface area contributed by atoms with E-state index in [1.807, 2.05) is 6.92 Å². The summed E-state index contributed by atoms with van der Waals surface area (Å²) < 4.78 is 9.69. The highest BCUT2D eigenvalue weighted by atomic mass is 16.7. The zero-order valence-corrected chi connectivity index (χ0v) is 18.2. The van der Waals surface area contributed by atoms with E-state index in [9.17, 15) is 0 Å². The Kier molecular flexibility index (Phi) is 7.53. The Morgan fingerprint density at radius 1 is 1.14 bits per heavy atom. The smallest absolute Gasteiger partial charge is 0.146 e. The summed E-state index contributed by atoms with van der Waals surface area (Å²) in [5, 5.41) is 4.37. The maximum atomic E-state index is 5.31. The van der Waals surface area contributed by atoms with Crippen molar-refractivity contribution in [1.29, 1.82) is 0 Å². The van der Waals surface area contributed by atoms with Gasteiger partial charge >= 0.3 is 0 Å². The molecule has 1 aromatic carbocycles. The second-order valence-electron chi connectivity index (χ2n) is 8.49. The van der Waals surface area contributed by atoms with E-state index < -0.39 is 0 Å². The quantitative estimate of drug-likeness (QED) is 0.508. The number of rotatable bonds is 4. The number of hydrogen-bond donors (Lipinski definition) is 0. The molecule has 1 heterocycles. The van der Waals surface area contributed by atoms with Crippen LogP contribution in [0.15, 0.2) is 17.3 Å². The number of oxime groups is 1. The van der Waals surface area contributed by atoms with E-state index in [0.29, 0.717) is 24.7 Å². The molecule has 0 unspecified atom stereocenters. The minimum atomic E-state index is 0.480. The summed E-state index contributed by atoms with van der Waals surface area (Å²) in [4.78, 5) is 5.31. The van der Waals surface area contributed by atoms with Crippen LogP contribution in [0.5, 0.6) is 0 Å². The molecule has 1 aliphatic heterocycles. The molecule has 0 amide bonds. The monoisotopic (exact) mass is 387 g/mol. The molecule has 28 heavy (non-hydrogen) atoms. The SMILES string of the molecule is C1COCOC1.CCON=C(CC)C1CCC2(CC1)Cc1cc(C)cc(C)c12. The van der Waals surface area contributed by atoms with Gasteiger partial charge in [-0.25, -0.2) is 0 Å². The van der Waals surface area contributed by atoms with Crippen molar-refractivity contribution in [2.24, 2.45) is 11.1 Å². The summed E-state index contributed by atoms with van der Waals surface area (Å²) >= 11 is 0. The third-order valence-electron chi connectivity index (χ3n) is 6.45. The lowest BCUT2D eigenvalue weighted by Crippen LogP contribution is -2.44. The average molecular weight is 388 g/mol. The molecule has 2 aliphatic carbocycles. The van der Waals surface area contributed by atoms with Crippen LogP contribution in [0, 0.1) is 19.8 Å². The maximum Gasteiger partial charge on any atom is 0.146 e. The van der Waals surface area contributed by atoms with Gasteiger partial charge in [-0.15, -0.1) is 0 Å². The van der Waals surface area contributed by atoms with Crippen LogP contribution in [0.3, 0.4) is 0 Å². The van der Waals surface area contributed by atoms with Crippen LogP contribution in [0.25, 0.3) is 0 Å². The first-order chi connectivity index (χ1) is 13.6. The Hall–Kier alpha value is -1.39. The summed E-state index contributed by atoms with van der Waals surface area (Å²) in [5.74, 6) is 0.636. The van der Waals surface area contributed by atoms with Crippen molar-refractivity contribution in [3.05, 3.63) is 34.4 Å². The van der Waals surface area contributed by atoms with E-state index in [-0.39, 0.29) is 0 Å². The molecule has 1 aromatic rings. The maximum absolute atomic E-state index is 5.31. The first-order valence-electron chi connectivity index (χ1n) is 11.0. The molecule has 4 heteroatoms. The van der Waals surface area contributed by atoms with Crippen LogP contribution in [0.2, 0.25) is 0 Å². The average Bonchev–Trinajstić information content (AvgIpc) is 2.70. The van der Waals surface area contributed by atoms with Gasteiger partial charge in [0.25, 0.3) is 0 Å². The lowest BCUT2D eigenvalue weighted by molar-refractivity contribution is -0.0963. The largest absolute Gasteiger partial charge is 0.396 e. The molecule has 1 saturated heterocycles. The molecular weight excluding hydrogens is 350 g/mol. The fourth-order valence-corrected chi connectivity index (χ4v) is 5.25. The van der Waals surface area contributed by atoms with Crippen LogP contribution in [-0.2, 0) is 26.1 Å². The number of benzene rings is 1. The van der Waals surface area contributed by atoms with Gasteiger partial charge in [-0.05, 0) is 87.8 Å². The predicted octanol–water partition coefficient (Wildman–Crippen LogP) is 5.47. The number of nitrogens with zero attached hydrogens (tertiary/aromatic N) is 1. The minimum absolute atomic E-state index is 0.480. The molecule has 4 rings (SSSR count). The van der Waals surface area contributed by atoms with Gasteiger partial charge in [-0.2, -0.15) is 0 Å². The van der Waals surface area contributed by atoms with Crippen LogP contribution in [0.4, 0.5) is 0 Å². The van der Waals surface area contributed by atoms with Crippen molar-refractivity contribution in [2.45, 2.75) is 78.1 Å². The highest BCUT2D eigenvalue weighted by Gasteiger charge is 2.46. The molecule has 4 nitrogen and oxygen atoms in total. The normalized spacial score (nSPS) is 26.7. The van der Waals surface area contributed by atoms with Gasteiger partial charge in [0.2, 0.25) is 0 Å². The summed E-state index contributed by atoms with van der Waals surface area (Å²) in [6.07, 6.45) is 8.55. The van der Waals surface area contributed by atoms with E-state index in [0.717, 1.165) is 26.1 Å². The fraction of sp³-hybridized carbons (Fsp3) is 0.708. The number of hydrogen-bond acceptors (Lipinski definition) is 4. The molecule has 3 aliphatic rings. The van der Waals surface area contributed by atoms with Crippen molar-refractivity contribution in [2.75, 3.05) is 26.6 Å². The molecule has 2 fully saturated rings. The van der Waals surface area contributed by atoms with Crippen molar-refractivity contribution in [3.8, 4) is 0 Å². The lowest BCUT2D eigenvalue weighted by Gasteiger charge is -2.50. The van der Waals surface area contributed by atoms with Crippen molar-refractivity contribution in [1.82, 2.24) is 0 Å². The number of ether oxygens (including phenoxy) is 2. The standard InChI is InChI=1S/C20H29NO.C4H8O2/c1-5-18(21-22-6-2)16-7-9-20(10-8-16)13-17-12-14(3)11-15(4)19(17)20;1-2-5-4-6-3-1/h11-12,16H,5-10,13H2,1-4H3;1-4H2. The number of fused-ring (bicyclic) bond motifs is 2. The Morgan fingerprint density at radius 2 is 1.86 bits per heavy atom. The van der Waals surface area contributed by atoms with Crippen molar-refractivity contribution >= 4 is 5.71 Å². The van der Waals surface area contributed by atoms with Gasteiger partial charge in [-0.1, -0.05) is 29.8 Å². The van der Waals surface area contributed by atoms with Crippen LogP contribution < -0.4 is 0 Å². The van der Waals surface area contributed by atoms with Gasteiger partial charge in [0.1, 0.15) is 13.4 Å². The fourth-order valence-electron chi connectivity index (χ4n) is 5.25. The second-order valence-corrected chi connectivity index (χ2v) is 8.49. The molecule has 0 atom stereocenters. The van der Waals surface area contributed by atoms with E-state index in [4.69, 9.17) is 14.3 Å². The van der Waals surface area contributed by atoms with Crippen molar-refractivity contribution < 1.29 is 14.3 Å². The highest BCUT2D eigenvalue weighted by Crippen LogP contribution is 2.53. The summed E-state index contributed by atoms with van der Waals surface area (Å²) in [7, 11) is 0. The van der Waals surface area contributed by atoms with Gasteiger partial charge in [0.05, 0.1) is 18.9 Å². The van der Waals surface area contributed by atoms with Crippen LogP contribution in [-0.4, -0.2) is 32.3 Å². The van der Waals surface area contributed by atoms with Crippen molar-refractivity contribution in [3.63, 3.8) is 0 Å². The van der Waals surface area contributed by atoms with E-state index in [1.54, 1.807) is 11.1 Å². The molecular formula is C24H37NO3. The Bertz CT molecular complexity index is 642. The Balaban J connectivity index is 0.000000320. The topological polar surface area (TPSA) is 40.0 Å². The van der Waals surface area contributed by atoms with E-state index in [1.165, 1.54) is 48.9 Å². The predicted molar refractivity (Wildman–Crippen MR) is 114 cm³/mol. The molecule has 0 N–H and O–H groups in total. The molecule has 1 spiro atoms. The third-order valence-corrected chi connectivity index (χ3v) is 6.45. The number of aryl methyl sites for hydroxylation is 2. The lowest BCUT2D eigenvalue weighted by atomic mass is 9.54. The van der Waals surface area contributed by atoms with E-state index >= 15 is 0 Å². The molecule has 0 radical (unpaired) electrons.